The zero-order valence-corrected chi connectivity index (χ0v) is 7.97. The first-order valence-electron chi connectivity index (χ1n) is 3.44. The lowest BCUT2D eigenvalue weighted by Crippen LogP contribution is -2.18. The fourth-order valence-electron chi connectivity index (χ4n) is 0.807. The van der Waals surface area contributed by atoms with Gasteiger partial charge in [0.05, 0.1) is 16.0 Å². The summed E-state index contributed by atoms with van der Waals surface area (Å²) in [7, 11) is 0. The van der Waals surface area contributed by atoms with Crippen molar-refractivity contribution >= 4 is 35.2 Å². The van der Waals surface area contributed by atoms with Gasteiger partial charge in [-0.1, -0.05) is 41.4 Å². The van der Waals surface area contributed by atoms with Crippen LogP contribution in [0.2, 0.25) is 10.0 Å². The second kappa shape index (κ2) is 4.30. The zero-order valence-electron chi connectivity index (χ0n) is 6.46. The molecule has 0 aromatic heterocycles. The number of carboxylic acid groups (broad SMARTS) is 1. The molecule has 0 aliphatic heterocycles. The van der Waals surface area contributed by atoms with Gasteiger partial charge in [-0.3, -0.25) is 0 Å². The Labute approximate surface area is 85.4 Å². The van der Waals surface area contributed by atoms with Crippen LogP contribution in [0.3, 0.4) is 0 Å². The normalized spacial score (nSPS) is 10.6. The first-order chi connectivity index (χ1) is 6.11. The van der Waals surface area contributed by atoms with E-state index in [1.807, 2.05) is 0 Å². The van der Waals surface area contributed by atoms with Crippen LogP contribution in [0.25, 0.3) is 6.08 Å². The van der Waals surface area contributed by atoms with E-state index in [0.29, 0.717) is 15.6 Å². The molecule has 0 heterocycles. The summed E-state index contributed by atoms with van der Waals surface area (Å²) in [5, 5.41) is 10.8. The predicted molar refractivity (Wildman–Crippen MR) is 50.5 cm³/mol. The molecule has 0 aliphatic rings. The molecule has 0 bridgehead atoms. The Morgan fingerprint density at radius 1 is 1.38 bits per heavy atom. The van der Waals surface area contributed by atoms with E-state index in [9.17, 15) is 9.90 Å². The van der Waals surface area contributed by atoms with Gasteiger partial charge < -0.3 is 9.90 Å². The number of halogens is 2. The molecule has 0 amide bonds. The Bertz CT molecular complexity index is 359. The summed E-state index contributed by atoms with van der Waals surface area (Å²) in [5.74, 6) is -1.27. The second-order valence-corrected chi connectivity index (χ2v) is 3.08. The molecule has 1 aromatic carbocycles. The number of aliphatic carboxylic acids is 1. The molecule has 0 saturated heterocycles. The third-order valence-electron chi connectivity index (χ3n) is 1.38. The molecular weight excluding hydrogens is 211 g/mol. The number of hydrogen-bond donors (Lipinski definition) is 0. The highest BCUT2D eigenvalue weighted by molar-refractivity contribution is 6.42. The number of hydrogen-bond acceptors (Lipinski definition) is 2. The van der Waals surface area contributed by atoms with Crippen LogP contribution in [0.4, 0.5) is 0 Å². The van der Waals surface area contributed by atoms with Crippen molar-refractivity contribution in [1.82, 2.24) is 0 Å². The lowest BCUT2D eigenvalue weighted by molar-refractivity contribution is -0.297. The molecule has 0 spiro atoms. The van der Waals surface area contributed by atoms with Gasteiger partial charge in [-0.2, -0.15) is 0 Å². The van der Waals surface area contributed by atoms with E-state index in [4.69, 9.17) is 23.2 Å². The summed E-state index contributed by atoms with van der Waals surface area (Å²) in [4.78, 5) is 10.1. The van der Waals surface area contributed by atoms with Gasteiger partial charge in [0, 0.05) is 0 Å². The number of carbonyl (C=O) groups excluding carboxylic acids is 1. The minimum absolute atomic E-state index is 0.335. The van der Waals surface area contributed by atoms with Gasteiger partial charge in [0.2, 0.25) is 0 Å². The fourth-order valence-corrected chi connectivity index (χ4v) is 1.18. The highest BCUT2D eigenvalue weighted by atomic mass is 35.5. The topological polar surface area (TPSA) is 40.1 Å². The average Bonchev–Trinajstić information content (AvgIpc) is 2.07. The SMILES string of the molecule is O=C([O-])/C=C/c1cccc(Cl)c1Cl. The number of rotatable bonds is 2. The first-order valence-corrected chi connectivity index (χ1v) is 4.20. The summed E-state index contributed by atoms with van der Waals surface area (Å²) in [6.45, 7) is 0. The van der Waals surface area contributed by atoms with Crippen molar-refractivity contribution in [3.63, 3.8) is 0 Å². The van der Waals surface area contributed by atoms with E-state index >= 15 is 0 Å². The third-order valence-corrected chi connectivity index (χ3v) is 2.21. The Morgan fingerprint density at radius 2 is 2.08 bits per heavy atom. The van der Waals surface area contributed by atoms with Gasteiger partial charge in [0.15, 0.2) is 0 Å². The average molecular weight is 216 g/mol. The van der Waals surface area contributed by atoms with Crippen LogP contribution >= 0.6 is 23.2 Å². The standard InChI is InChI=1S/C9H6Cl2O2/c10-7-3-1-2-6(9(7)11)4-5-8(12)13/h1-5H,(H,12,13)/p-1/b5-4+. The fraction of sp³-hybridized carbons (Fsp3) is 0. The Balaban J connectivity index is 3.02. The molecule has 0 fully saturated rings. The lowest BCUT2D eigenvalue weighted by atomic mass is 10.2. The molecule has 0 aliphatic carbocycles. The Kier molecular flexibility index (Phi) is 3.34. The van der Waals surface area contributed by atoms with Gasteiger partial charge >= 0.3 is 0 Å². The van der Waals surface area contributed by atoms with E-state index in [1.165, 1.54) is 6.08 Å². The van der Waals surface area contributed by atoms with Crippen LogP contribution in [0, 0.1) is 0 Å². The summed E-state index contributed by atoms with van der Waals surface area (Å²) >= 11 is 11.5. The second-order valence-electron chi connectivity index (χ2n) is 2.30. The summed E-state index contributed by atoms with van der Waals surface area (Å²) in [6, 6.07) is 4.97. The molecule has 0 unspecified atom stereocenters. The van der Waals surface area contributed by atoms with E-state index in [0.717, 1.165) is 6.08 Å². The van der Waals surface area contributed by atoms with Crippen molar-refractivity contribution in [2.45, 2.75) is 0 Å². The quantitative estimate of drug-likeness (QED) is 0.706. The van der Waals surface area contributed by atoms with E-state index in [-0.39, 0.29) is 0 Å². The Morgan fingerprint density at radius 3 is 2.69 bits per heavy atom. The van der Waals surface area contributed by atoms with Crippen LogP contribution in [0.5, 0.6) is 0 Å². The molecular formula is C9H5Cl2O2-. The zero-order chi connectivity index (χ0) is 9.84. The first kappa shape index (κ1) is 10.1. The van der Waals surface area contributed by atoms with Crippen molar-refractivity contribution < 1.29 is 9.90 Å². The molecule has 4 heteroatoms. The summed E-state index contributed by atoms with van der Waals surface area (Å²) < 4.78 is 0. The van der Waals surface area contributed by atoms with Crippen molar-refractivity contribution in [3.05, 3.63) is 39.9 Å². The van der Waals surface area contributed by atoms with E-state index in [2.05, 4.69) is 0 Å². The minimum Gasteiger partial charge on any atom is -0.545 e. The van der Waals surface area contributed by atoms with Crippen LogP contribution in [0.1, 0.15) is 5.56 Å². The number of carboxylic acids is 1. The van der Waals surface area contributed by atoms with E-state index in [1.54, 1.807) is 18.2 Å². The Hall–Kier alpha value is -0.990. The molecule has 0 N–H and O–H groups in total. The summed E-state index contributed by atoms with van der Waals surface area (Å²) in [5.41, 5.74) is 0.554. The van der Waals surface area contributed by atoms with Crippen molar-refractivity contribution in [2.24, 2.45) is 0 Å². The number of carbonyl (C=O) groups is 1. The van der Waals surface area contributed by atoms with Gasteiger partial charge in [0.25, 0.3) is 0 Å². The molecule has 1 rings (SSSR count). The molecule has 0 saturated carbocycles. The highest BCUT2D eigenvalue weighted by Crippen LogP contribution is 2.26. The van der Waals surface area contributed by atoms with Crippen molar-refractivity contribution in [1.29, 1.82) is 0 Å². The van der Waals surface area contributed by atoms with Crippen LogP contribution in [0.15, 0.2) is 24.3 Å². The lowest BCUT2D eigenvalue weighted by Gasteiger charge is -1.99. The number of benzene rings is 1. The largest absolute Gasteiger partial charge is 0.545 e. The van der Waals surface area contributed by atoms with Gasteiger partial charge in [0.1, 0.15) is 0 Å². The third kappa shape index (κ3) is 2.76. The highest BCUT2D eigenvalue weighted by Gasteiger charge is 1.99. The van der Waals surface area contributed by atoms with E-state index < -0.39 is 5.97 Å². The van der Waals surface area contributed by atoms with Crippen molar-refractivity contribution in [2.75, 3.05) is 0 Å². The van der Waals surface area contributed by atoms with Gasteiger partial charge in [-0.05, 0) is 17.7 Å². The summed E-state index contributed by atoms with van der Waals surface area (Å²) in [6.07, 6.45) is 2.24. The van der Waals surface area contributed by atoms with Gasteiger partial charge in [-0.25, -0.2) is 0 Å². The van der Waals surface area contributed by atoms with Crippen LogP contribution in [-0.2, 0) is 4.79 Å². The maximum Gasteiger partial charge on any atom is 0.0664 e. The van der Waals surface area contributed by atoms with Crippen LogP contribution in [-0.4, -0.2) is 5.97 Å². The molecule has 0 atom stereocenters. The predicted octanol–water partition coefficient (Wildman–Crippen LogP) is 1.76. The minimum atomic E-state index is -1.27. The van der Waals surface area contributed by atoms with Crippen LogP contribution < -0.4 is 5.11 Å². The maximum absolute atomic E-state index is 10.1. The van der Waals surface area contributed by atoms with Gasteiger partial charge in [-0.15, -0.1) is 0 Å². The smallest absolute Gasteiger partial charge is 0.0664 e. The molecule has 2 nitrogen and oxygen atoms in total. The molecule has 13 heavy (non-hydrogen) atoms. The monoisotopic (exact) mass is 215 g/mol. The molecule has 1 aromatic rings. The maximum atomic E-state index is 10.1. The molecule has 0 radical (unpaired) electrons. The van der Waals surface area contributed by atoms with Crippen molar-refractivity contribution in [3.8, 4) is 0 Å². The molecule has 68 valence electrons.